The van der Waals surface area contributed by atoms with Crippen molar-refractivity contribution < 1.29 is 4.74 Å². The minimum atomic E-state index is 0.405. The number of ether oxygens (including phenoxy) is 1. The number of hydrogen-bond acceptors (Lipinski definition) is 2. The molecule has 1 fully saturated rings. The summed E-state index contributed by atoms with van der Waals surface area (Å²) in [5.41, 5.74) is 6.06. The van der Waals surface area contributed by atoms with Crippen molar-refractivity contribution >= 4 is 0 Å². The van der Waals surface area contributed by atoms with E-state index in [1.165, 1.54) is 19.3 Å². The van der Waals surface area contributed by atoms with Crippen LogP contribution in [0.4, 0.5) is 0 Å². The van der Waals surface area contributed by atoms with Crippen LogP contribution < -0.4 is 5.73 Å². The van der Waals surface area contributed by atoms with Crippen molar-refractivity contribution in [3.63, 3.8) is 0 Å². The average molecular weight is 199 g/mol. The second-order valence-electron chi connectivity index (χ2n) is 5.04. The Morgan fingerprint density at radius 2 is 2.00 bits per heavy atom. The van der Waals surface area contributed by atoms with Crippen LogP contribution in [0.5, 0.6) is 0 Å². The molecule has 0 bridgehead atoms. The van der Waals surface area contributed by atoms with Crippen LogP contribution in [-0.2, 0) is 4.74 Å². The normalized spacial score (nSPS) is 28.9. The summed E-state index contributed by atoms with van der Waals surface area (Å²) in [5, 5.41) is 0. The van der Waals surface area contributed by atoms with Crippen molar-refractivity contribution in [3.05, 3.63) is 0 Å². The van der Waals surface area contributed by atoms with E-state index in [0.717, 1.165) is 24.9 Å². The molecule has 0 amide bonds. The highest BCUT2D eigenvalue weighted by Crippen LogP contribution is 2.33. The standard InChI is InChI=1S/C12H25NO/c1-4-14-12-7-10(8-12)6-11(13)5-9(2)3/h9-12H,4-8,13H2,1-3H3. The van der Waals surface area contributed by atoms with Gasteiger partial charge >= 0.3 is 0 Å². The van der Waals surface area contributed by atoms with E-state index < -0.39 is 0 Å². The summed E-state index contributed by atoms with van der Waals surface area (Å²) in [4.78, 5) is 0. The quantitative estimate of drug-likeness (QED) is 0.713. The Balaban J connectivity index is 2.04. The van der Waals surface area contributed by atoms with E-state index in [2.05, 4.69) is 20.8 Å². The molecule has 0 aliphatic heterocycles. The molecule has 0 radical (unpaired) electrons. The van der Waals surface area contributed by atoms with Crippen molar-refractivity contribution in [1.29, 1.82) is 0 Å². The van der Waals surface area contributed by atoms with Gasteiger partial charge in [0.25, 0.3) is 0 Å². The molecular weight excluding hydrogens is 174 g/mol. The second kappa shape index (κ2) is 5.72. The zero-order valence-electron chi connectivity index (χ0n) is 9.83. The van der Waals surface area contributed by atoms with Crippen LogP contribution in [0.1, 0.15) is 46.5 Å². The number of hydrogen-bond donors (Lipinski definition) is 1. The zero-order valence-corrected chi connectivity index (χ0v) is 9.83. The molecule has 1 unspecified atom stereocenters. The Kier molecular flexibility index (Phi) is 4.90. The smallest absolute Gasteiger partial charge is 0.0580 e. The third kappa shape index (κ3) is 3.97. The maximum absolute atomic E-state index is 6.06. The van der Waals surface area contributed by atoms with E-state index in [1.54, 1.807) is 0 Å². The molecule has 0 heterocycles. The van der Waals surface area contributed by atoms with Crippen LogP contribution in [0.3, 0.4) is 0 Å². The van der Waals surface area contributed by atoms with Gasteiger partial charge < -0.3 is 10.5 Å². The molecule has 0 aromatic rings. The molecule has 1 aliphatic carbocycles. The lowest BCUT2D eigenvalue weighted by Crippen LogP contribution is -2.36. The maximum Gasteiger partial charge on any atom is 0.0580 e. The lowest BCUT2D eigenvalue weighted by molar-refractivity contribution is -0.0285. The Hall–Kier alpha value is -0.0800. The van der Waals surface area contributed by atoms with E-state index >= 15 is 0 Å². The van der Waals surface area contributed by atoms with Crippen LogP contribution in [0.25, 0.3) is 0 Å². The Bertz CT molecular complexity index is 152. The molecule has 1 saturated carbocycles. The fraction of sp³-hybridized carbons (Fsp3) is 1.00. The average Bonchev–Trinajstić information content (AvgIpc) is 1.99. The van der Waals surface area contributed by atoms with Crippen molar-refractivity contribution in [2.24, 2.45) is 17.6 Å². The van der Waals surface area contributed by atoms with Gasteiger partial charge in [-0.25, -0.2) is 0 Å². The summed E-state index contributed by atoms with van der Waals surface area (Å²) in [6, 6.07) is 0.405. The Morgan fingerprint density at radius 1 is 1.36 bits per heavy atom. The van der Waals surface area contributed by atoms with E-state index in [4.69, 9.17) is 10.5 Å². The van der Waals surface area contributed by atoms with Gasteiger partial charge in [-0.15, -0.1) is 0 Å². The number of nitrogens with two attached hydrogens (primary N) is 1. The third-order valence-electron chi connectivity index (χ3n) is 3.01. The molecule has 0 spiro atoms. The van der Waals surface area contributed by atoms with Gasteiger partial charge in [-0.2, -0.15) is 0 Å². The summed E-state index contributed by atoms with van der Waals surface area (Å²) in [7, 11) is 0. The van der Waals surface area contributed by atoms with Gasteiger partial charge in [0.05, 0.1) is 6.10 Å². The minimum absolute atomic E-state index is 0.405. The van der Waals surface area contributed by atoms with Gasteiger partial charge in [-0.1, -0.05) is 13.8 Å². The lowest BCUT2D eigenvalue weighted by atomic mass is 9.77. The SMILES string of the molecule is CCOC1CC(CC(N)CC(C)C)C1. The number of rotatable bonds is 6. The van der Waals surface area contributed by atoms with Crippen LogP contribution in [0.15, 0.2) is 0 Å². The predicted molar refractivity (Wildman–Crippen MR) is 60.2 cm³/mol. The zero-order chi connectivity index (χ0) is 10.6. The van der Waals surface area contributed by atoms with Crippen molar-refractivity contribution in [2.75, 3.05) is 6.61 Å². The summed E-state index contributed by atoms with van der Waals surface area (Å²) in [5.74, 6) is 1.56. The third-order valence-corrected chi connectivity index (χ3v) is 3.01. The summed E-state index contributed by atoms with van der Waals surface area (Å²) in [6.07, 6.45) is 5.37. The van der Waals surface area contributed by atoms with Crippen molar-refractivity contribution in [3.8, 4) is 0 Å². The molecule has 0 aromatic carbocycles. The van der Waals surface area contributed by atoms with Gasteiger partial charge in [0.15, 0.2) is 0 Å². The van der Waals surface area contributed by atoms with E-state index in [1.807, 2.05) is 0 Å². The van der Waals surface area contributed by atoms with Crippen LogP contribution in [-0.4, -0.2) is 18.8 Å². The summed E-state index contributed by atoms with van der Waals surface area (Å²) >= 11 is 0. The molecular formula is C12H25NO. The van der Waals surface area contributed by atoms with Gasteiger partial charge in [0.2, 0.25) is 0 Å². The molecule has 0 aromatic heterocycles. The molecule has 2 heteroatoms. The molecule has 2 nitrogen and oxygen atoms in total. The first-order valence-corrected chi connectivity index (χ1v) is 5.99. The largest absolute Gasteiger partial charge is 0.378 e. The highest BCUT2D eigenvalue weighted by molar-refractivity contribution is 4.83. The Morgan fingerprint density at radius 3 is 2.50 bits per heavy atom. The molecule has 1 rings (SSSR count). The second-order valence-corrected chi connectivity index (χ2v) is 5.04. The van der Waals surface area contributed by atoms with Crippen LogP contribution in [0, 0.1) is 11.8 Å². The maximum atomic E-state index is 6.06. The first-order chi connectivity index (χ1) is 6.61. The summed E-state index contributed by atoms with van der Waals surface area (Å²) in [6.45, 7) is 7.40. The topological polar surface area (TPSA) is 35.2 Å². The first kappa shape index (κ1) is 12.0. The minimum Gasteiger partial charge on any atom is -0.378 e. The van der Waals surface area contributed by atoms with E-state index in [9.17, 15) is 0 Å². The molecule has 1 atom stereocenters. The monoisotopic (exact) mass is 199 g/mol. The van der Waals surface area contributed by atoms with Crippen LogP contribution >= 0.6 is 0 Å². The molecule has 1 aliphatic rings. The highest BCUT2D eigenvalue weighted by atomic mass is 16.5. The van der Waals surface area contributed by atoms with Gasteiger partial charge in [-0.05, 0) is 44.4 Å². The fourth-order valence-corrected chi connectivity index (χ4v) is 2.37. The van der Waals surface area contributed by atoms with Crippen molar-refractivity contribution in [2.45, 2.75) is 58.6 Å². The molecule has 0 saturated heterocycles. The lowest BCUT2D eigenvalue weighted by Gasteiger charge is -2.36. The van der Waals surface area contributed by atoms with Gasteiger partial charge in [-0.3, -0.25) is 0 Å². The van der Waals surface area contributed by atoms with Gasteiger partial charge in [0.1, 0.15) is 0 Å². The van der Waals surface area contributed by atoms with E-state index in [0.29, 0.717) is 12.1 Å². The Labute approximate surface area is 88.2 Å². The molecule has 2 N–H and O–H groups in total. The highest BCUT2D eigenvalue weighted by Gasteiger charge is 2.30. The summed E-state index contributed by atoms with van der Waals surface area (Å²) < 4.78 is 5.53. The predicted octanol–water partition coefficient (Wildman–Crippen LogP) is 2.57. The van der Waals surface area contributed by atoms with Gasteiger partial charge in [0, 0.05) is 12.6 Å². The van der Waals surface area contributed by atoms with Crippen molar-refractivity contribution in [1.82, 2.24) is 0 Å². The van der Waals surface area contributed by atoms with Crippen LogP contribution in [0.2, 0.25) is 0 Å². The first-order valence-electron chi connectivity index (χ1n) is 5.99. The van der Waals surface area contributed by atoms with E-state index in [-0.39, 0.29) is 0 Å². The molecule has 14 heavy (non-hydrogen) atoms. The molecule has 84 valence electrons. The fourth-order valence-electron chi connectivity index (χ4n) is 2.37.